The molecule has 0 fully saturated rings. The van der Waals surface area contributed by atoms with Gasteiger partial charge in [0.15, 0.2) is 0 Å². The third kappa shape index (κ3) is 4.44. The van der Waals surface area contributed by atoms with Gasteiger partial charge in [0, 0.05) is 11.7 Å². The van der Waals surface area contributed by atoms with Crippen molar-refractivity contribution >= 4 is 11.6 Å². The van der Waals surface area contributed by atoms with E-state index in [1.807, 2.05) is 21.0 Å². The first-order valence-electron chi connectivity index (χ1n) is 6.33. The highest BCUT2D eigenvalue weighted by Crippen LogP contribution is 2.23. The minimum absolute atomic E-state index is 0.0826. The van der Waals surface area contributed by atoms with Crippen molar-refractivity contribution in [2.75, 3.05) is 33.5 Å². The van der Waals surface area contributed by atoms with Crippen molar-refractivity contribution in [2.45, 2.75) is 19.4 Å². The van der Waals surface area contributed by atoms with Gasteiger partial charge in [-0.05, 0) is 46.1 Å². The molecule has 106 valence electrons. The third-order valence-electron chi connectivity index (χ3n) is 2.89. The van der Waals surface area contributed by atoms with E-state index >= 15 is 0 Å². The van der Waals surface area contributed by atoms with Crippen LogP contribution >= 0.6 is 0 Å². The molecule has 1 aromatic rings. The summed E-state index contributed by atoms with van der Waals surface area (Å²) >= 11 is 0. The average molecular weight is 265 g/mol. The zero-order valence-electron chi connectivity index (χ0n) is 12.1. The molecule has 0 bridgehead atoms. The first kappa shape index (κ1) is 15.3. The van der Waals surface area contributed by atoms with Gasteiger partial charge in [-0.2, -0.15) is 0 Å². The Kier molecular flexibility index (Phi) is 5.63. The summed E-state index contributed by atoms with van der Waals surface area (Å²) in [7, 11) is 5.54. The molecule has 0 spiro atoms. The van der Waals surface area contributed by atoms with Crippen LogP contribution < -0.4 is 15.8 Å². The van der Waals surface area contributed by atoms with Crippen LogP contribution in [0.25, 0.3) is 0 Å². The Morgan fingerprint density at radius 1 is 1.47 bits per heavy atom. The lowest BCUT2D eigenvalue weighted by Crippen LogP contribution is -2.35. The Labute approximate surface area is 114 Å². The van der Waals surface area contributed by atoms with E-state index in [0.717, 1.165) is 13.0 Å². The van der Waals surface area contributed by atoms with E-state index in [-0.39, 0.29) is 11.9 Å². The normalized spacial score (nSPS) is 12.3. The topological polar surface area (TPSA) is 67.6 Å². The van der Waals surface area contributed by atoms with Gasteiger partial charge in [-0.3, -0.25) is 4.79 Å². The Hall–Kier alpha value is -1.75. The van der Waals surface area contributed by atoms with Crippen molar-refractivity contribution in [3.63, 3.8) is 0 Å². The summed E-state index contributed by atoms with van der Waals surface area (Å²) in [5.41, 5.74) is 6.68. The lowest BCUT2D eigenvalue weighted by molar-refractivity contribution is 0.0934. The second kappa shape index (κ2) is 6.99. The summed E-state index contributed by atoms with van der Waals surface area (Å²) < 4.78 is 5.18. The van der Waals surface area contributed by atoms with E-state index in [0.29, 0.717) is 17.0 Å². The maximum absolute atomic E-state index is 12.2. The Morgan fingerprint density at radius 2 is 2.16 bits per heavy atom. The fraction of sp³-hybridized carbons (Fsp3) is 0.500. The second-order valence-corrected chi connectivity index (χ2v) is 4.89. The molecule has 1 rings (SSSR count). The van der Waals surface area contributed by atoms with Crippen LogP contribution in [0.2, 0.25) is 0 Å². The molecule has 1 aromatic carbocycles. The van der Waals surface area contributed by atoms with Gasteiger partial charge >= 0.3 is 0 Å². The predicted molar refractivity (Wildman–Crippen MR) is 77.5 cm³/mol. The largest absolute Gasteiger partial charge is 0.496 e. The number of carbonyl (C=O) groups is 1. The molecule has 0 heterocycles. The summed E-state index contributed by atoms with van der Waals surface area (Å²) in [6.07, 6.45) is 0.883. The number of rotatable bonds is 6. The van der Waals surface area contributed by atoms with Crippen molar-refractivity contribution in [2.24, 2.45) is 0 Å². The summed E-state index contributed by atoms with van der Waals surface area (Å²) in [5, 5.41) is 2.94. The molecular formula is C14H23N3O2. The number of ether oxygens (including phenoxy) is 1. The fourth-order valence-corrected chi connectivity index (χ4v) is 1.78. The van der Waals surface area contributed by atoms with Crippen LogP contribution in [0.15, 0.2) is 18.2 Å². The number of amides is 1. The first-order chi connectivity index (χ1) is 8.95. The highest BCUT2D eigenvalue weighted by molar-refractivity contribution is 6.02. The number of benzene rings is 1. The molecule has 19 heavy (non-hydrogen) atoms. The number of nitrogens with zero attached hydrogens (tertiary/aromatic N) is 1. The van der Waals surface area contributed by atoms with Crippen LogP contribution in [0.3, 0.4) is 0 Å². The fourth-order valence-electron chi connectivity index (χ4n) is 1.78. The van der Waals surface area contributed by atoms with Crippen LogP contribution in [0.5, 0.6) is 5.75 Å². The van der Waals surface area contributed by atoms with Crippen LogP contribution in [0.1, 0.15) is 23.7 Å². The van der Waals surface area contributed by atoms with Crippen molar-refractivity contribution < 1.29 is 9.53 Å². The van der Waals surface area contributed by atoms with Crippen LogP contribution in [0.4, 0.5) is 5.69 Å². The number of carbonyl (C=O) groups excluding carboxylic acids is 1. The molecule has 0 aliphatic heterocycles. The molecule has 0 radical (unpaired) electrons. The molecule has 0 aliphatic carbocycles. The summed E-state index contributed by atoms with van der Waals surface area (Å²) in [6, 6.07) is 5.28. The third-order valence-corrected chi connectivity index (χ3v) is 2.89. The smallest absolute Gasteiger partial charge is 0.257 e. The quantitative estimate of drug-likeness (QED) is 0.762. The zero-order chi connectivity index (χ0) is 14.4. The van der Waals surface area contributed by atoms with Crippen LogP contribution in [-0.2, 0) is 0 Å². The number of anilines is 1. The van der Waals surface area contributed by atoms with Gasteiger partial charge in [-0.15, -0.1) is 0 Å². The summed E-state index contributed by atoms with van der Waals surface area (Å²) in [5.74, 6) is 0.304. The van der Waals surface area contributed by atoms with E-state index in [1.165, 1.54) is 7.11 Å². The predicted octanol–water partition coefficient (Wildman–Crippen LogP) is 1.35. The molecule has 0 aliphatic rings. The lowest BCUT2D eigenvalue weighted by atomic mass is 10.1. The van der Waals surface area contributed by atoms with E-state index in [4.69, 9.17) is 10.5 Å². The molecule has 5 nitrogen and oxygen atoms in total. The number of hydrogen-bond donors (Lipinski definition) is 2. The number of nitrogen functional groups attached to an aromatic ring is 1. The number of hydrogen-bond acceptors (Lipinski definition) is 4. The highest BCUT2D eigenvalue weighted by Gasteiger charge is 2.17. The van der Waals surface area contributed by atoms with E-state index in [1.54, 1.807) is 18.2 Å². The molecule has 3 N–H and O–H groups in total. The molecule has 0 saturated heterocycles. The first-order valence-corrected chi connectivity index (χ1v) is 6.33. The zero-order valence-corrected chi connectivity index (χ0v) is 12.1. The van der Waals surface area contributed by atoms with Crippen molar-refractivity contribution in [1.82, 2.24) is 10.2 Å². The van der Waals surface area contributed by atoms with Gasteiger partial charge in [0.1, 0.15) is 11.3 Å². The Balaban J connectivity index is 2.73. The monoisotopic (exact) mass is 265 g/mol. The van der Waals surface area contributed by atoms with Gasteiger partial charge in [0.25, 0.3) is 5.91 Å². The highest BCUT2D eigenvalue weighted by atomic mass is 16.5. The number of nitrogens with one attached hydrogen (secondary N) is 1. The molecule has 0 aromatic heterocycles. The van der Waals surface area contributed by atoms with E-state index in [2.05, 4.69) is 10.2 Å². The van der Waals surface area contributed by atoms with Crippen molar-refractivity contribution in [3.8, 4) is 5.75 Å². The van der Waals surface area contributed by atoms with Crippen molar-refractivity contribution in [1.29, 1.82) is 0 Å². The Morgan fingerprint density at radius 3 is 2.74 bits per heavy atom. The minimum atomic E-state index is -0.193. The average Bonchev–Trinajstić information content (AvgIpc) is 2.35. The molecular weight excluding hydrogens is 242 g/mol. The maximum atomic E-state index is 12.2. The molecule has 5 heteroatoms. The van der Waals surface area contributed by atoms with Gasteiger partial charge in [-0.1, -0.05) is 6.07 Å². The standard InChI is InChI=1S/C14H23N3O2/c1-10(8-9-17(2)3)16-14(18)13-11(15)6-5-7-12(13)19-4/h5-7,10H,8-9,15H2,1-4H3,(H,16,18). The van der Waals surface area contributed by atoms with Crippen LogP contribution in [-0.4, -0.2) is 44.6 Å². The SMILES string of the molecule is COc1cccc(N)c1C(=O)NC(C)CCN(C)C. The number of nitrogens with two attached hydrogens (primary N) is 1. The minimum Gasteiger partial charge on any atom is -0.496 e. The lowest BCUT2D eigenvalue weighted by Gasteiger charge is -2.18. The van der Waals surface area contributed by atoms with E-state index < -0.39 is 0 Å². The maximum Gasteiger partial charge on any atom is 0.257 e. The molecule has 1 unspecified atom stereocenters. The van der Waals surface area contributed by atoms with Crippen molar-refractivity contribution in [3.05, 3.63) is 23.8 Å². The number of methoxy groups -OCH3 is 1. The molecule has 0 saturated carbocycles. The van der Waals surface area contributed by atoms with Gasteiger partial charge in [0.05, 0.1) is 7.11 Å². The Bertz CT molecular complexity index is 433. The summed E-state index contributed by atoms with van der Waals surface area (Å²) in [4.78, 5) is 14.3. The summed E-state index contributed by atoms with van der Waals surface area (Å²) in [6.45, 7) is 2.90. The molecule has 1 amide bonds. The van der Waals surface area contributed by atoms with Gasteiger partial charge in [0.2, 0.25) is 0 Å². The second-order valence-electron chi connectivity index (χ2n) is 4.89. The van der Waals surface area contributed by atoms with E-state index in [9.17, 15) is 4.79 Å². The van der Waals surface area contributed by atoms with Gasteiger partial charge in [-0.25, -0.2) is 0 Å². The van der Waals surface area contributed by atoms with Gasteiger partial charge < -0.3 is 20.7 Å². The molecule has 1 atom stereocenters. The van der Waals surface area contributed by atoms with Crippen LogP contribution in [0, 0.1) is 0 Å².